The predicted octanol–water partition coefficient (Wildman–Crippen LogP) is 1.41. The summed E-state index contributed by atoms with van der Waals surface area (Å²) in [6.07, 6.45) is 1.87. The monoisotopic (exact) mass is 284 g/mol. The molecule has 0 radical (unpaired) electrons. The van der Waals surface area contributed by atoms with E-state index in [1.807, 2.05) is 6.92 Å². The lowest BCUT2D eigenvalue weighted by atomic mass is 10.1. The van der Waals surface area contributed by atoms with Crippen LogP contribution in [-0.4, -0.2) is 30.8 Å². The number of nitrogens with zero attached hydrogens (tertiary/aromatic N) is 1. The van der Waals surface area contributed by atoms with Gasteiger partial charge < -0.3 is 5.73 Å². The van der Waals surface area contributed by atoms with Crippen molar-refractivity contribution in [1.29, 1.82) is 0 Å². The lowest BCUT2D eigenvalue weighted by Gasteiger charge is -2.16. The minimum atomic E-state index is -3.35. The van der Waals surface area contributed by atoms with E-state index in [0.29, 0.717) is 18.0 Å². The van der Waals surface area contributed by atoms with Crippen LogP contribution in [0.1, 0.15) is 24.0 Å². The van der Waals surface area contributed by atoms with Gasteiger partial charge in [-0.2, -0.15) is 4.31 Å². The molecule has 0 unspecified atom stereocenters. The molecular formula is C12H16N2O2S2. The third kappa shape index (κ3) is 2.41. The summed E-state index contributed by atoms with van der Waals surface area (Å²) in [4.78, 5) is 0.611. The van der Waals surface area contributed by atoms with Crippen LogP contribution in [0.25, 0.3) is 0 Å². The summed E-state index contributed by atoms with van der Waals surface area (Å²) in [5.41, 5.74) is 7.09. The first-order chi connectivity index (χ1) is 8.43. The normalized spacial score (nSPS) is 16.9. The van der Waals surface area contributed by atoms with E-state index in [2.05, 4.69) is 0 Å². The molecule has 0 spiro atoms. The summed E-state index contributed by atoms with van der Waals surface area (Å²) in [7, 11) is -3.35. The molecule has 18 heavy (non-hydrogen) atoms. The van der Waals surface area contributed by atoms with Crippen molar-refractivity contribution in [3.8, 4) is 0 Å². The van der Waals surface area contributed by atoms with Crippen molar-refractivity contribution in [3.63, 3.8) is 0 Å². The number of aryl methyl sites for hydroxylation is 1. The lowest BCUT2D eigenvalue weighted by molar-refractivity contribution is 0.477. The Hall–Kier alpha value is -0.980. The van der Waals surface area contributed by atoms with Crippen LogP contribution in [0.5, 0.6) is 0 Å². The van der Waals surface area contributed by atoms with Crippen LogP contribution in [0.2, 0.25) is 0 Å². The Bertz CT molecular complexity index is 576. The van der Waals surface area contributed by atoms with Gasteiger partial charge in [-0.15, -0.1) is 0 Å². The number of nitrogens with two attached hydrogens (primary N) is 1. The second kappa shape index (κ2) is 4.95. The molecule has 0 bridgehead atoms. The molecule has 0 amide bonds. The van der Waals surface area contributed by atoms with Crippen molar-refractivity contribution >= 4 is 27.2 Å². The van der Waals surface area contributed by atoms with Gasteiger partial charge in [-0.05, 0) is 37.5 Å². The van der Waals surface area contributed by atoms with Gasteiger partial charge in [0.25, 0.3) is 0 Å². The SMILES string of the molecule is Cc1cc(S(=O)(=O)N2CCCC2)ccc1C(N)=S. The number of sulfonamides is 1. The van der Waals surface area contributed by atoms with Gasteiger partial charge in [-0.1, -0.05) is 18.3 Å². The van der Waals surface area contributed by atoms with Crippen LogP contribution in [0.3, 0.4) is 0 Å². The minimum Gasteiger partial charge on any atom is -0.389 e. The molecule has 4 nitrogen and oxygen atoms in total. The molecule has 1 aliphatic heterocycles. The summed E-state index contributed by atoms with van der Waals surface area (Å²) in [5.74, 6) is 0. The Morgan fingerprint density at radius 2 is 1.94 bits per heavy atom. The molecule has 0 saturated carbocycles. The highest BCUT2D eigenvalue weighted by Crippen LogP contribution is 2.22. The minimum absolute atomic E-state index is 0.289. The second-order valence-electron chi connectivity index (χ2n) is 4.45. The maximum Gasteiger partial charge on any atom is 0.243 e. The Kier molecular flexibility index (Phi) is 3.70. The van der Waals surface area contributed by atoms with Gasteiger partial charge in [0.1, 0.15) is 4.99 Å². The van der Waals surface area contributed by atoms with Gasteiger partial charge >= 0.3 is 0 Å². The first kappa shape index (κ1) is 13.5. The average molecular weight is 284 g/mol. The molecular weight excluding hydrogens is 268 g/mol. The van der Waals surface area contributed by atoms with E-state index in [0.717, 1.165) is 24.0 Å². The molecule has 6 heteroatoms. The van der Waals surface area contributed by atoms with E-state index in [-0.39, 0.29) is 4.99 Å². The largest absolute Gasteiger partial charge is 0.389 e. The molecule has 2 rings (SSSR count). The molecule has 0 atom stereocenters. The van der Waals surface area contributed by atoms with E-state index in [1.54, 1.807) is 18.2 Å². The Labute approximate surface area is 113 Å². The van der Waals surface area contributed by atoms with Gasteiger partial charge in [0.15, 0.2) is 0 Å². The second-order valence-corrected chi connectivity index (χ2v) is 6.83. The fourth-order valence-electron chi connectivity index (χ4n) is 2.15. The fourth-order valence-corrected chi connectivity index (χ4v) is 3.98. The van der Waals surface area contributed by atoms with Crippen molar-refractivity contribution < 1.29 is 8.42 Å². The molecule has 0 aliphatic carbocycles. The van der Waals surface area contributed by atoms with E-state index in [4.69, 9.17) is 18.0 Å². The Morgan fingerprint density at radius 3 is 2.44 bits per heavy atom. The van der Waals surface area contributed by atoms with E-state index in [9.17, 15) is 8.42 Å². The van der Waals surface area contributed by atoms with Crippen molar-refractivity contribution in [3.05, 3.63) is 29.3 Å². The van der Waals surface area contributed by atoms with Crippen LogP contribution in [0.4, 0.5) is 0 Å². The van der Waals surface area contributed by atoms with Crippen LogP contribution in [0.15, 0.2) is 23.1 Å². The van der Waals surface area contributed by atoms with Crippen molar-refractivity contribution in [2.75, 3.05) is 13.1 Å². The topological polar surface area (TPSA) is 63.4 Å². The van der Waals surface area contributed by atoms with Crippen molar-refractivity contribution in [2.45, 2.75) is 24.7 Å². The maximum atomic E-state index is 12.3. The lowest BCUT2D eigenvalue weighted by Crippen LogP contribution is -2.28. The zero-order valence-electron chi connectivity index (χ0n) is 10.2. The number of rotatable bonds is 3. The van der Waals surface area contributed by atoms with Crippen LogP contribution in [0, 0.1) is 6.92 Å². The first-order valence-electron chi connectivity index (χ1n) is 5.83. The molecule has 98 valence electrons. The number of thiocarbonyl (C=S) groups is 1. The maximum absolute atomic E-state index is 12.3. The average Bonchev–Trinajstić information content (AvgIpc) is 2.82. The van der Waals surface area contributed by atoms with Crippen LogP contribution < -0.4 is 5.73 Å². The van der Waals surface area contributed by atoms with Gasteiger partial charge in [0, 0.05) is 18.7 Å². The zero-order chi connectivity index (χ0) is 13.3. The number of hydrogen-bond acceptors (Lipinski definition) is 3. The molecule has 1 fully saturated rings. The standard InChI is InChI=1S/C12H16N2O2S2/c1-9-8-10(4-5-11(9)12(13)17)18(15,16)14-6-2-3-7-14/h4-5,8H,2-3,6-7H2,1H3,(H2,13,17). The van der Waals surface area contributed by atoms with E-state index >= 15 is 0 Å². The van der Waals surface area contributed by atoms with Crippen molar-refractivity contribution in [1.82, 2.24) is 4.31 Å². The highest BCUT2D eigenvalue weighted by atomic mass is 32.2. The molecule has 1 aromatic rings. The first-order valence-corrected chi connectivity index (χ1v) is 7.68. The van der Waals surface area contributed by atoms with E-state index in [1.165, 1.54) is 4.31 Å². The molecule has 1 saturated heterocycles. The summed E-state index contributed by atoms with van der Waals surface area (Å²) in [6.45, 7) is 3.04. The van der Waals surface area contributed by atoms with Gasteiger partial charge in [0.05, 0.1) is 4.90 Å². The Balaban J connectivity index is 2.40. The summed E-state index contributed by atoms with van der Waals surface area (Å²) >= 11 is 4.91. The Morgan fingerprint density at radius 1 is 1.33 bits per heavy atom. The highest BCUT2D eigenvalue weighted by Gasteiger charge is 2.27. The van der Waals surface area contributed by atoms with Gasteiger partial charge in [-0.25, -0.2) is 8.42 Å². The van der Waals surface area contributed by atoms with Crippen molar-refractivity contribution in [2.24, 2.45) is 5.73 Å². The van der Waals surface area contributed by atoms with Gasteiger partial charge in [0.2, 0.25) is 10.0 Å². The molecule has 1 heterocycles. The number of benzene rings is 1. The summed E-state index contributed by atoms with van der Waals surface area (Å²) < 4.78 is 26.2. The quantitative estimate of drug-likeness (QED) is 0.853. The molecule has 1 aromatic carbocycles. The zero-order valence-corrected chi connectivity index (χ0v) is 11.9. The molecule has 0 aromatic heterocycles. The summed E-state index contributed by atoms with van der Waals surface area (Å²) in [6, 6.07) is 4.90. The molecule has 2 N–H and O–H groups in total. The van der Waals surface area contributed by atoms with E-state index < -0.39 is 10.0 Å². The predicted molar refractivity (Wildman–Crippen MR) is 75.1 cm³/mol. The summed E-state index contributed by atoms with van der Waals surface area (Å²) in [5, 5.41) is 0. The third-order valence-corrected chi connectivity index (χ3v) is 5.28. The van der Waals surface area contributed by atoms with Crippen LogP contribution in [-0.2, 0) is 10.0 Å². The molecule has 1 aliphatic rings. The third-order valence-electron chi connectivity index (χ3n) is 3.17. The smallest absolute Gasteiger partial charge is 0.243 e. The number of hydrogen-bond donors (Lipinski definition) is 1. The van der Waals surface area contributed by atoms with Gasteiger partial charge in [-0.3, -0.25) is 0 Å². The fraction of sp³-hybridized carbons (Fsp3) is 0.417. The highest BCUT2D eigenvalue weighted by molar-refractivity contribution is 7.89. The van der Waals surface area contributed by atoms with Crippen LogP contribution >= 0.6 is 12.2 Å².